The molecule has 6 nitrogen and oxygen atoms in total. The number of amides is 2. The Morgan fingerprint density at radius 2 is 2.20 bits per heavy atom. The number of carbonyl (C=O) groups excluding carboxylic acids is 2. The number of hydrogen-bond acceptors (Lipinski definition) is 3. The second-order valence-corrected chi connectivity index (χ2v) is 6.41. The Morgan fingerprint density at radius 1 is 1.40 bits per heavy atom. The third-order valence-electron chi connectivity index (χ3n) is 4.31. The number of aryl methyl sites for hydroxylation is 1. The summed E-state index contributed by atoms with van der Waals surface area (Å²) in [4.78, 5) is 26.1. The Morgan fingerprint density at radius 3 is 2.84 bits per heavy atom. The van der Waals surface area contributed by atoms with Crippen LogP contribution in [0.1, 0.15) is 25.3 Å². The van der Waals surface area contributed by atoms with Crippen molar-refractivity contribution in [3.8, 4) is 0 Å². The van der Waals surface area contributed by atoms with E-state index in [2.05, 4.69) is 5.32 Å². The van der Waals surface area contributed by atoms with Crippen LogP contribution in [0.3, 0.4) is 0 Å². The SMILES string of the molecule is COC/C=C/C(=O)NC1CCN(C(=O)/C=C/c2ccn(C)c2)C(C)C1. The standard InChI is InChI=1S/C19H27N3O3/c1-15-13-17(20-18(23)5-4-12-25-3)9-11-22(15)19(24)7-6-16-8-10-21(2)14-16/h4-8,10,14-15,17H,9,11-13H2,1-3H3,(H,20,23)/b5-4+,7-6+. The number of piperidine rings is 1. The van der Waals surface area contributed by atoms with Gasteiger partial charge in [0.1, 0.15) is 0 Å². The van der Waals surface area contributed by atoms with E-state index in [9.17, 15) is 9.59 Å². The Labute approximate surface area is 149 Å². The minimum absolute atomic E-state index is 0.0149. The van der Waals surface area contributed by atoms with Gasteiger partial charge in [0.25, 0.3) is 0 Å². The molecule has 1 aromatic heterocycles. The Hall–Kier alpha value is -2.34. The molecule has 0 saturated carbocycles. The van der Waals surface area contributed by atoms with E-state index >= 15 is 0 Å². The molecular weight excluding hydrogens is 318 g/mol. The highest BCUT2D eigenvalue weighted by Crippen LogP contribution is 2.18. The zero-order valence-electron chi connectivity index (χ0n) is 15.1. The molecule has 0 spiro atoms. The molecule has 1 fully saturated rings. The first-order chi connectivity index (χ1) is 12.0. The molecule has 2 unspecified atom stereocenters. The molecule has 0 aliphatic carbocycles. The predicted octanol–water partition coefficient (Wildman–Crippen LogP) is 1.74. The number of rotatable bonds is 6. The number of ether oxygens (including phenoxy) is 1. The minimum atomic E-state index is -0.113. The second-order valence-electron chi connectivity index (χ2n) is 6.41. The smallest absolute Gasteiger partial charge is 0.246 e. The number of nitrogens with one attached hydrogen (secondary N) is 1. The van der Waals surface area contributed by atoms with Gasteiger partial charge in [0.15, 0.2) is 0 Å². The highest BCUT2D eigenvalue weighted by molar-refractivity contribution is 5.92. The van der Waals surface area contributed by atoms with Crippen LogP contribution in [0.5, 0.6) is 0 Å². The molecule has 1 aliphatic rings. The van der Waals surface area contributed by atoms with Gasteiger partial charge in [-0.1, -0.05) is 6.08 Å². The van der Waals surface area contributed by atoms with Gasteiger partial charge in [-0.2, -0.15) is 0 Å². The molecule has 0 aromatic carbocycles. The fraction of sp³-hybridized carbons (Fsp3) is 0.474. The lowest BCUT2D eigenvalue weighted by molar-refractivity contribution is -0.129. The van der Waals surface area contributed by atoms with E-state index < -0.39 is 0 Å². The van der Waals surface area contributed by atoms with Crippen LogP contribution >= 0.6 is 0 Å². The summed E-state index contributed by atoms with van der Waals surface area (Å²) >= 11 is 0. The average Bonchev–Trinajstić information content (AvgIpc) is 2.98. The molecule has 2 rings (SSSR count). The first-order valence-corrected chi connectivity index (χ1v) is 8.56. The molecule has 1 saturated heterocycles. The molecule has 1 N–H and O–H groups in total. The van der Waals surface area contributed by atoms with Gasteiger partial charge >= 0.3 is 0 Å². The van der Waals surface area contributed by atoms with Gasteiger partial charge < -0.3 is 19.5 Å². The second kappa shape index (κ2) is 9.22. The van der Waals surface area contributed by atoms with Crippen molar-refractivity contribution in [2.24, 2.45) is 7.05 Å². The largest absolute Gasteiger partial charge is 0.381 e. The molecule has 2 amide bonds. The number of carbonyl (C=O) groups is 2. The summed E-state index contributed by atoms with van der Waals surface area (Å²) in [5.41, 5.74) is 1.01. The molecule has 0 bridgehead atoms. The van der Waals surface area contributed by atoms with Crippen molar-refractivity contribution < 1.29 is 14.3 Å². The molecule has 0 radical (unpaired) electrons. The molecule has 136 valence electrons. The quantitative estimate of drug-likeness (QED) is 0.799. The summed E-state index contributed by atoms with van der Waals surface area (Å²) in [5.74, 6) is -0.0980. The first kappa shape index (κ1) is 19.0. The van der Waals surface area contributed by atoms with Gasteiger partial charge in [0, 0.05) is 57.3 Å². The number of methoxy groups -OCH3 is 1. The lowest BCUT2D eigenvalue weighted by Crippen LogP contribution is -2.50. The first-order valence-electron chi connectivity index (χ1n) is 8.56. The van der Waals surface area contributed by atoms with E-state index in [1.807, 2.05) is 48.0 Å². The molecule has 25 heavy (non-hydrogen) atoms. The van der Waals surface area contributed by atoms with Gasteiger partial charge in [-0.3, -0.25) is 9.59 Å². The molecule has 2 atom stereocenters. The summed E-state index contributed by atoms with van der Waals surface area (Å²) < 4.78 is 6.82. The van der Waals surface area contributed by atoms with E-state index in [-0.39, 0.29) is 23.9 Å². The van der Waals surface area contributed by atoms with Crippen LogP contribution in [0.25, 0.3) is 6.08 Å². The van der Waals surface area contributed by atoms with Crippen molar-refractivity contribution in [2.75, 3.05) is 20.3 Å². The van der Waals surface area contributed by atoms with Crippen molar-refractivity contribution >= 4 is 17.9 Å². The van der Waals surface area contributed by atoms with Crippen LogP contribution in [-0.4, -0.2) is 53.6 Å². The van der Waals surface area contributed by atoms with Gasteiger partial charge in [-0.25, -0.2) is 0 Å². The van der Waals surface area contributed by atoms with Crippen molar-refractivity contribution in [2.45, 2.75) is 31.8 Å². The van der Waals surface area contributed by atoms with Gasteiger partial charge in [0.2, 0.25) is 11.8 Å². The van der Waals surface area contributed by atoms with E-state index in [0.717, 1.165) is 18.4 Å². The summed E-state index contributed by atoms with van der Waals surface area (Å²) in [6.45, 7) is 3.09. The fourth-order valence-corrected chi connectivity index (χ4v) is 3.02. The van der Waals surface area contributed by atoms with Crippen molar-refractivity contribution in [1.29, 1.82) is 0 Å². The molecule has 1 aliphatic heterocycles. The minimum Gasteiger partial charge on any atom is -0.381 e. The third-order valence-corrected chi connectivity index (χ3v) is 4.31. The Balaban J connectivity index is 1.83. The molecular formula is C19H27N3O3. The summed E-state index contributed by atoms with van der Waals surface area (Å²) in [7, 11) is 3.54. The topological polar surface area (TPSA) is 63.6 Å². The van der Waals surface area contributed by atoms with Gasteiger partial charge in [0.05, 0.1) is 6.61 Å². The van der Waals surface area contributed by atoms with E-state index in [0.29, 0.717) is 13.2 Å². The predicted molar refractivity (Wildman–Crippen MR) is 97.8 cm³/mol. The molecule has 2 heterocycles. The van der Waals surface area contributed by atoms with E-state index in [1.165, 1.54) is 6.08 Å². The highest BCUT2D eigenvalue weighted by atomic mass is 16.5. The highest BCUT2D eigenvalue weighted by Gasteiger charge is 2.28. The van der Waals surface area contributed by atoms with Crippen LogP contribution in [0, 0.1) is 0 Å². The fourth-order valence-electron chi connectivity index (χ4n) is 3.02. The summed E-state index contributed by atoms with van der Waals surface area (Å²) in [5, 5.41) is 2.99. The van der Waals surface area contributed by atoms with Crippen molar-refractivity contribution in [3.05, 3.63) is 42.3 Å². The number of hydrogen-bond donors (Lipinski definition) is 1. The zero-order valence-corrected chi connectivity index (χ0v) is 15.1. The Kier molecular flexibility index (Phi) is 7.01. The molecule has 1 aromatic rings. The molecule has 6 heteroatoms. The number of aromatic nitrogens is 1. The van der Waals surface area contributed by atoms with Crippen molar-refractivity contribution in [1.82, 2.24) is 14.8 Å². The number of nitrogens with zero attached hydrogens (tertiary/aromatic N) is 2. The average molecular weight is 345 g/mol. The Bertz CT molecular complexity index is 648. The lowest BCUT2D eigenvalue weighted by Gasteiger charge is -2.37. The maximum Gasteiger partial charge on any atom is 0.246 e. The van der Waals surface area contributed by atoms with E-state index in [1.54, 1.807) is 19.3 Å². The van der Waals surface area contributed by atoms with Crippen LogP contribution < -0.4 is 5.32 Å². The maximum absolute atomic E-state index is 12.4. The van der Waals surface area contributed by atoms with Crippen LogP contribution in [0.15, 0.2) is 36.7 Å². The monoisotopic (exact) mass is 345 g/mol. The summed E-state index contributed by atoms with van der Waals surface area (Å²) in [6, 6.07) is 2.15. The number of likely N-dealkylation sites (tertiary alicyclic amines) is 1. The normalized spacial score (nSPS) is 21.2. The summed E-state index contributed by atoms with van der Waals surface area (Å²) in [6.07, 6.45) is 12.1. The van der Waals surface area contributed by atoms with Gasteiger partial charge in [-0.15, -0.1) is 0 Å². The lowest BCUT2D eigenvalue weighted by atomic mass is 9.98. The van der Waals surface area contributed by atoms with Crippen LogP contribution in [-0.2, 0) is 21.4 Å². The van der Waals surface area contributed by atoms with Gasteiger partial charge in [-0.05, 0) is 37.5 Å². The zero-order chi connectivity index (χ0) is 18.2. The third kappa shape index (κ3) is 5.90. The van der Waals surface area contributed by atoms with Crippen LogP contribution in [0.2, 0.25) is 0 Å². The van der Waals surface area contributed by atoms with Crippen LogP contribution in [0.4, 0.5) is 0 Å². The van der Waals surface area contributed by atoms with Crippen molar-refractivity contribution in [3.63, 3.8) is 0 Å². The maximum atomic E-state index is 12.4. The van der Waals surface area contributed by atoms with E-state index in [4.69, 9.17) is 4.74 Å².